The number of anilines is 1. The molecule has 0 bridgehead atoms. The van der Waals surface area contributed by atoms with Gasteiger partial charge in [0.15, 0.2) is 5.13 Å². The first-order chi connectivity index (χ1) is 9.72. The van der Waals surface area contributed by atoms with E-state index in [4.69, 9.17) is 5.11 Å². The van der Waals surface area contributed by atoms with Gasteiger partial charge in [-0.1, -0.05) is 13.3 Å². The Morgan fingerprint density at radius 3 is 3.00 bits per heavy atom. The molecule has 0 spiro atoms. The van der Waals surface area contributed by atoms with Crippen LogP contribution in [0.4, 0.5) is 5.13 Å². The molecule has 112 valence electrons. The smallest absolute Gasteiger partial charge is 0.240 e. The number of aryl methyl sites for hydroxylation is 2. The van der Waals surface area contributed by atoms with Crippen LogP contribution in [-0.2, 0) is 17.6 Å². The fourth-order valence-electron chi connectivity index (χ4n) is 2.40. The predicted octanol–water partition coefficient (Wildman–Crippen LogP) is 1.66. The Kier molecular flexibility index (Phi) is 5.94. The number of nitrogens with zero attached hydrogens (tertiary/aromatic N) is 2. The number of carbonyl (C=O) groups excluding carboxylic acids is 1. The van der Waals surface area contributed by atoms with Crippen molar-refractivity contribution in [2.75, 3.05) is 31.6 Å². The van der Waals surface area contributed by atoms with E-state index in [1.807, 2.05) is 4.90 Å². The Morgan fingerprint density at radius 2 is 2.30 bits per heavy atom. The van der Waals surface area contributed by atoms with Gasteiger partial charge in [0.1, 0.15) is 0 Å². The Labute approximate surface area is 124 Å². The van der Waals surface area contributed by atoms with Gasteiger partial charge in [0.25, 0.3) is 0 Å². The Balaban J connectivity index is 1.83. The normalized spacial score (nSPS) is 13.8. The number of fused-ring (bicyclic) bond motifs is 1. The van der Waals surface area contributed by atoms with Crippen molar-refractivity contribution in [3.8, 4) is 0 Å². The van der Waals surface area contributed by atoms with Crippen LogP contribution < -0.4 is 5.32 Å². The highest BCUT2D eigenvalue weighted by Gasteiger charge is 2.18. The summed E-state index contributed by atoms with van der Waals surface area (Å²) in [4.78, 5) is 19.8. The first-order valence-electron chi connectivity index (χ1n) is 7.34. The molecule has 1 amide bonds. The van der Waals surface area contributed by atoms with Crippen molar-refractivity contribution in [2.24, 2.45) is 0 Å². The quantitative estimate of drug-likeness (QED) is 0.766. The summed E-state index contributed by atoms with van der Waals surface area (Å²) in [5.74, 6) is -0.0398. The van der Waals surface area contributed by atoms with Gasteiger partial charge in [0, 0.05) is 11.4 Å². The van der Waals surface area contributed by atoms with Gasteiger partial charge in [-0.3, -0.25) is 9.69 Å². The van der Waals surface area contributed by atoms with E-state index in [1.165, 1.54) is 11.3 Å². The fourth-order valence-corrected chi connectivity index (χ4v) is 3.46. The average molecular weight is 297 g/mol. The summed E-state index contributed by atoms with van der Waals surface area (Å²) in [5, 5.41) is 12.6. The summed E-state index contributed by atoms with van der Waals surface area (Å²) in [6.45, 7) is 3.92. The van der Waals surface area contributed by atoms with Crippen LogP contribution in [-0.4, -0.2) is 47.1 Å². The molecule has 20 heavy (non-hydrogen) atoms. The van der Waals surface area contributed by atoms with E-state index in [0.29, 0.717) is 13.1 Å². The molecule has 1 heterocycles. The minimum Gasteiger partial charge on any atom is -0.395 e. The number of hydrogen-bond donors (Lipinski definition) is 2. The topological polar surface area (TPSA) is 65.5 Å². The van der Waals surface area contributed by atoms with Crippen molar-refractivity contribution in [3.63, 3.8) is 0 Å². The molecule has 0 aromatic carbocycles. The molecule has 0 radical (unpaired) electrons. The van der Waals surface area contributed by atoms with Crippen molar-refractivity contribution in [1.82, 2.24) is 9.88 Å². The summed E-state index contributed by atoms with van der Waals surface area (Å²) < 4.78 is 0. The molecule has 1 aromatic rings. The number of rotatable bonds is 8. The molecular formula is C14H23N3O2S. The zero-order valence-electron chi connectivity index (χ0n) is 12.0. The van der Waals surface area contributed by atoms with Gasteiger partial charge < -0.3 is 10.4 Å². The van der Waals surface area contributed by atoms with Crippen LogP contribution in [0.25, 0.3) is 0 Å². The van der Waals surface area contributed by atoms with E-state index >= 15 is 0 Å². The SMILES string of the molecule is CCCCN(CCO)CC(=O)Nc1nc2c(s1)CCC2. The molecule has 2 N–H and O–H groups in total. The second kappa shape index (κ2) is 7.71. The number of thiazole rings is 1. The minimum atomic E-state index is -0.0398. The van der Waals surface area contributed by atoms with Gasteiger partial charge in [0.2, 0.25) is 5.91 Å². The number of aliphatic hydroxyl groups is 1. The van der Waals surface area contributed by atoms with Crippen LogP contribution in [0.2, 0.25) is 0 Å². The lowest BCUT2D eigenvalue weighted by Gasteiger charge is -2.19. The van der Waals surface area contributed by atoms with Crippen LogP contribution in [0.1, 0.15) is 36.8 Å². The molecule has 5 nitrogen and oxygen atoms in total. The lowest BCUT2D eigenvalue weighted by Crippen LogP contribution is -2.35. The standard InChI is InChI=1S/C14H23N3O2S/c1-2-3-7-17(8-9-18)10-13(19)16-14-15-11-5-4-6-12(11)20-14/h18H,2-10H2,1H3,(H,15,16,19). The molecule has 0 saturated heterocycles. The van der Waals surface area contributed by atoms with Crippen LogP contribution >= 0.6 is 11.3 Å². The Bertz CT molecular complexity index is 426. The fraction of sp³-hybridized carbons (Fsp3) is 0.714. The van der Waals surface area contributed by atoms with E-state index in [2.05, 4.69) is 17.2 Å². The highest BCUT2D eigenvalue weighted by molar-refractivity contribution is 7.15. The molecule has 1 aromatic heterocycles. The third kappa shape index (κ3) is 4.26. The Hall–Kier alpha value is -0.980. The number of aliphatic hydroxyl groups excluding tert-OH is 1. The zero-order valence-corrected chi connectivity index (χ0v) is 12.8. The molecule has 0 atom stereocenters. The molecule has 0 unspecified atom stereocenters. The van der Waals surface area contributed by atoms with Crippen LogP contribution in [0.3, 0.4) is 0 Å². The van der Waals surface area contributed by atoms with Crippen molar-refractivity contribution >= 4 is 22.4 Å². The zero-order chi connectivity index (χ0) is 14.4. The van der Waals surface area contributed by atoms with Crippen molar-refractivity contribution in [3.05, 3.63) is 10.6 Å². The lowest BCUT2D eigenvalue weighted by atomic mass is 10.3. The van der Waals surface area contributed by atoms with Gasteiger partial charge in [0.05, 0.1) is 18.8 Å². The number of hydrogen-bond acceptors (Lipinski definition) is 5. The van der Waals surface area contributed by atoms with E-state index in [-0.39, 0.29) is 12.5 Å². The average Bonchev–Trinajstić information content (AvgIpc) is 2.96. The minimum absolute atomic E-state index is 0.0398. The van der Waals surface area contributed by atoms with Crippen molar-refractivity contribution < 1.29 is 9.90 Å². The second-order valence-electron chi connectivity index (χ2n) is 5.14. The first-order valence-corrected chi connectivity index (χ1v) is 8.16. The molecule has 1 aliphatic carbocycles. The largest absolute Gasteiger partial charge is 0.395 e. The third-order valence-corrected chi connectivity index (χ3v) is 4.53. The van der Waals surface area contributed by atoms with Crippen LogP contribution in [0.5, 0.6) is 0 Å². The summed E-state index contributed by atoms with van der Waals surface area (Å²) in [7, 11) is 0. The summed E-state index contributed by atoms with van der Waals surface area (Å²) in [6.07, 6.45) is 5.44. The number of nitrogens with one attached hydrogen (secondary N) is 1. The van der Waals surface area contributed by atoms with E-state index in [1.54, 1.807) is 11.3 Å². The maximum atomic E-state index is 12.0. The second-order valence-corrected chi connectivity index (χ2v) is 6.23. The van der Waals surface area contributed by atoms with Crippen LogP contribution in [0.15, 0.2) is 0 Å². The maximum absolute atomic E-state index is 12.0. The molecule has 0 saturated carbocycles. The first kappa shape index (κ1) is 15.4. The molecule has 0 aliphatic heterocycles. The van der Waals surface area contributed by atoms with Gasteiger partial charge in [-0.05, 0) is 32.2 Å². The van der Waals surface area contributed by atoms with Crippen molar-refractivity contribution in [1.29, 1.82) is 0 Å². The summed E-state index contributed by atoms with van der Waals surface area (Å²) in [5.41, 5.74) is 1.16. The molecule has 2 rings (SSSR count). The summed E-state index contributed by atoms with van der Waals surface area (Å²) >= 11 is 1.60. The molecule has 1 aliphatic rings. The lowest BCUT2D eigenvalue weighted by molar-refractivity contribution is -0.117. The highest BCUT2D eigenvalue weighted by Crippen LogP contribution is 2.30. The monoisotopic (exact) mass is 297 g/mol. The number of amides is 1. The van der Waals surface area contributed by atoms with E-state index in [0.717, 1.165) is 43.1 Å². The van der Waals surface area contributed by atoms with E-state index in [9.17, 15) is 4.79 Å². The Morgan fingerprint density at radius 1 is 1.45 bits per heavy atom. The number of aromatic nitrogens is 1. The third-order valence-electron chi connectivity index (χ3n) is 3.45. The van der Waals surface area contributed by atoms with Gasteiger partial charge in [-0.25, -0.2) is 4.98 Å². The van der Waals surface area contributed by atoms with E-state index < -0.39 is 0 Å². The molecular weight excluding hydrogens is 274 g/mol. The molecule has 0 fully saturated rings. The van der Waals surface area contributed by atoms with Gasteiger partial charge >= 0.3 is 0 Å². The highest BCUT2D eigenvalue weighted by atomic mass is 32.1. The number of unbranched alkanes of at least 4 members (excludes halogenated alkanes) is 1. The van der Waals surface area contributed by atoms with Gasteiger partial charge in [-0.2, -0.15) is 0 Å². The van der Waals surface area contributed by atoms with Crippen molar-refractivity contribution in [2.45, 2.75) is 39.0 Å². The van der Waals surface area contributed by atoms with Crippen LogP contribution in [0, 0.1) is 0 Å². The predicted molar refractivity (Wildman–Crippen MR) is 81.2 cm³/mol. The molecule has 6 heteroatoms. The maximum Gasteiger partial charge on any atom is 0.240 e. The van der Waals surface area contributed by atoms with Gasteiger partial charge in [-0.15, -0.1) is 11.3 Å². The summed E-state index contributed by atoms with van der Waals surface area (Å²) in [6, 6.07) is 0. The number of carbonyl (C=O) groups is 1.